The van der Waals surface area contributed by atoms with Crippen LogP contribution in [0.25, 0.3) is 0 Å². The number of hydrogen-bond donors (Lipinski definition) is 1. The molecule has 3 nitrogen and oxygen atoms in total. The van der Waals surface area contributed by atoms with Crippen molar-refractivity contribution < 1.29 is 4.39 Å². The van der Waals surface area contributed by atoms with E-state index in [4.69, 9.17) is 5.73 Å². The molecule has 0 aliphatic carbocycles. The predicted molar refractivity (Wildman–Crippen MR) is 68.1 cm³/mol. The van der Waals surface area contributed by atoms with Gasteiger partial charge in [-0.15, -0.1) is 0 Å². The molecule has 0 atom stereocenters. The SMILES string of the molecule is NCc1ccc(Sc2ccncn2)c(F)c1Br. The van der Waals surface area contributed by atoms with Gasteiger partial charge in [-0.05, 0) is 33.6 Å². The Bertz CT molecular complexity index is 522. The maximum Gasteiger partial charge on any atom is 0.151 e. The van der Waals surface area contributed by atoms with E-state index in [1.165, 1.54) is 18.1 Å². The average molecular weight is 314 g/mol. The number of nitrogens with zero attached hydrogens (tertiary/aromatic N) is 2. The Morgan fingerprint density at radius 3 is 2.82 bits per heavy atom. The quantitative estimate of drug-likeness (QED) is 0.885. The molecule has 0 radical (unpaired) electrons. The van der Waals surface area contributed by atoms with Gasteiger partial charge in [-0.25, -0.2) is 14.4 Å². The van der Waals surface area contributed by atoms with Crippen molar-refractivity contribution in [3.63, 3.8) is 0 Å². The second-order valence-corrected chi connectivity index (χ2v) is 5.06. The maximum atomic E-state index is 14.0. The number of nitrogens with two attached hydrogens (primary N) is 1. The van der Waals surface area contributed by atoms with Crippen LogP contribution in [0.1, 0.15) is 5.56 Å². The lowest BCUT2D eigenvalue weighted by Crippen LogP contribution is -1.99. The lowest BCUT2D eigenvalue weighted by molar-refractivity contribution is 0.592. The molecule has 1 aromatic carbocycles. The molecule has 1 aromatic heterocycles. The van der Waals surface area contributed by atoms with Crippen molar-refractivity contribution >= 4 is 27.7 Å². The Hall–Kier alpha value is -0.980. The van der Waals surface area contributed by atoms with Gasteiger partial charge < -0.3 is 5.73 Å². The molecule has 6 heteroatoms. The van der Waals surface area contributed by atoms with Crippen LogP contribution in [0.4, 0.5) is 4.39 Å². The predicted octanol–water partition coefficient (Wildman–Crippen LogP) is 2.99. The van der Waals surface area contributed by atoms with Gasteiger partial charge in [0, 0.05) is 12.7 Å². The van der Waals surface area contributed by atoms with Gasteiger partial charge in [-0.1, -0.05) is 17.8 Å². The number of hydrogen-bond acceptors (Lipinski definition) is 4. The zero-order valence-corrected chi connectivity index (χ0v) is 11.1. The third-order valence-corrected chi connectivity index (χ3v) is 3.96. The summed E-state index contributed by atoms with van der Waals surface area (Å²) in [6.45, 7) is 0.302. The molecule has 0 spiro atoms. The van der Waals surface area contributed by atoms with E-state index in [0.717, 1.165) is 5.56 Å². The summed E-state index contributed by atoms with van der Waals surface area (Å²) in [6.07, 6.45) is 3.06. The number of benzene rings is 1. The Balaban J connectivity index is 2.32. The molecule has 0 amide bonds. The Morgan fingerprint density at radius 1 is 1.35 bits per heavy atom. The van der Waals surface area contributed by atoms with Crippen LogP contribution in [-0.2, 0) is 6.54 Å². The van der Waals surface area contributed by atoms with Crippen molar-refractivity contribution in [2.75, 3.05) is 0 Å². The second kappa shape index (κ2) is 5.57. The summed E-state index contributed by atoms with van der Waals surface area (Å²) in [5.74, 6) is -0.309. The highest BCUT2D eigenvalue weighted by Crippen LogP contribution is 2.33. The number of aromatic nitrogens is 2. The van der Waals surface area contributed by atoms with Crippen LogP contribution < -0.4 is 5.73 Å². The van der Waals surface area contributed by atoms with E-state index in [0.29, 0.717) is 20.9 Å². The van der Waals surface area contributed by atoms with Crippen molar-refractivity contribution in [3.05, 3.63) is 46.6 Å². The molecular weight excluding hydrogens is 305 g/mol. The molecule has 17 heavy (non-hydrogen) atoms. The van der Waals surface area contributed by atoms with Gasteiger partial charge in [0.1, 0.15) is 11.4 Å². The molecule has 0 unspecified atom stereocenters. The largest absolute Gasteiger partial charge is 0.326 e. The van der Waals surface area contributed by atoms with Gasteiger partial charge in [0.2, 0.25) is 0 Å². The molecule has 0 fully saturated rings. The van der Waals surface area contributed by atoms with Crippen molar-refractivity contribution in [2.24, 2.45) is 5.73 Å². The van der Waals surface area contributed by atoms with Crippen LogP contribution in [-0.4, -0.2) is 9.97 Å². The molecule has 0 saturated heterocycles. The summed E-state index contributed by atoms with van der Waals surface area (Å²) >= 11 is 4.45. The van der Waals surface area contributed by atoms with E-state index in [1.54, 1.807) is 24.4 Å². The van der Waals surface area contributed by atoms with Crippen LogP contribution >= 0.6 is 27.7 Å². The first-order chi connectivity index (χ1) is 8.22. The minimum absolute atomic E-state index is 0.302. The topological polar surface area (TPSA) is 51.8 Å². The van der Waals surface area contributed by atoms with E-state index in [9.17, 15) is 4.39 Å². The second-order valence-electron chi connectivity index (χ2n) is 3.20. The molecule has 2 rings (SSSR count). The van der Waals surface area contributed by atoms with Crippen molar-refractivity contribution in [3.8, 4) is 0 Å². The lowest BCUT2D eigenvalue weighted by Gasteiger charge is -2.07. The van der Waals surface area contributed by atoms with Crippen molar-refractivity contribution in [1.82, 2.24) is 9.97 Å². The Labute approximate surface area is 111 Å². The molecule has 0 aliphatic heterocycles. The molecule has 88 valence electrons. The minimum Gasteiger partial charge on any atom is -0.326 e. The molecule has 0 saturated carbocycles. The van der Waals surface area contributed by atoms with Gasteiger partial charge in [0.15, 0.2) is 5.82 Å². The van der Waals surface area contributed by atoms with E-state index in [2.05, 4.69) is 25.9 Å². The fourth-order valence-corrected chi connectivity index (χ4v) is 2.68. The third kappa shape index (κ3) is 2.83. The smallest absolute Gasteiger partial charge is 0.151 e. The zero-order chi connectivity index (χ0) is 12.3. The first-order valence-corrected chi connectivity index (χ1v) is 6.44. The maximum absolute atomic E-state index is 14.0. The fraction of sp³-hybridized carbons (Fsp3) is 0.0909. The highest BCUT2D eigenvalue weighted by molar-refractivity contribution is 9.10. The van der Waals surface area contributed by atoms with Crippen LogP contribution in [0.2, 0.25) is 0 Å². The third-order valence-electron chi connectivity index (χ3n) is 2.12. The summed E-state index contributed by atoms with van der Waals surface area (Å²) in [5, 5.41) is 0.700. The van der Waals surface area contributed by atoms with Gasteiger partial charge in [0.25, 0.3) is 0 Å². The molecule has 2 aromatic rings. The van der Waals surface area contributed by atoms with E-state index in [-0.39, 0.29) is 5.82 Å². The summed E-state index contributed by atoms with van der Waals surface area (Å²) in [4.78, 5) is 8.35. The first-order valence-electron chi connectivity index (χ1n) is 4.83. The van der Waals surface area contributed by atoms with E-state index < -0.39 is 0 Å². The molecule has 0 aliphatic rings. The molecular formula is C11H9BrFN3S. The Morgan fingerprint density at radius 2 is 2.18 bits per heavy atom. The summed E-state index contributed by atoms with van der Waals surface area (Å²) in [7, 11) is 0. The van der Waals surface area contributed by atoms with Gasteiger partial charge in [-0.2, -0.15) is 0 Å². The molecule has 0 bridgehead atoms. The molecule has 2 N–H and O–H groups in total. The van der Waals surface area contributed by atoms with Crippen LogP contribution in [0.3, 0.4) is 0 Å². The number of halogens is 2. The van der Waals surface area contributed by atoms with Gasteiger partial charge in [0.05, 0.1) is 9.37 Å². The van der Waals surface area contributed by atoms with E-state index in [1.807, 2.05) is 0 Å². The fourth-order valence-electron chi connectivity index (χ4n) is 1.26. The molecule has 1 heterocycles. The van der Waals surface area contributed by atoms with Crippen molar-refractivity contribution in [2.45, 2.75) is 16.5 Å². The summed E-state index contributed by atoms with van der Waals surface area (Å²) < 4.78 is 14.4. The standard InChI is InChI=1S/C11H9BrFN3S/c12-10-7(5-14)1-2-8(11(10)13)17-9-3-4-15-6-16-9/h1-4,6H,5,14H2. The normalized spacial score (nSPS) is 10.5. The monoisotopic (exact) mass is 313 g/mol. The summed E-state index contributed by atoms with van der Waals surface area (Å²) in [5.41, 5.74) is 6.24. The Kier molecular flexibility index (Phi) is 4.09. The highest BCUT2D eigenvalue weighted by Gasteiger charge is 2.11. The summed E-state index contributed by atoms with van der Waals surface area (Å²) in [6, 6.07) is 5.24. The van der Waals surface area contributed by atoms with Gasteiger partial charge in [-0.3, -0.25) is 0 Å². The lowest BCUT2D eigenvalue weighted by atomic mass is 10.2. The zero-order valence-electron chi connectivity index (χ0n) is 8.73. The van der Waals surface area contributed by atoms with Crippen molar-refractivity contribution in [1.29, 1.82) is 0 Å². The highest BCUT2D eigenvalue weighted by atomic mass is 79.9. The minimum atomic E-state index is -0.309. The first kappa shape index (κ1) is 12.5. The van der Waals surface area contributed by atoms with Gasteiger partial charge >= 0.3 is 0 Å². The number of rotatable bonds is 3. The van der Waals surface area contributed by atoms with Crippen LogP contribution in [0, 0.1) is 5.82 Å². The van der Waals surface area contributed by atoms with E-state index >= 15 is 0 Å². The van der Waals surface area contributed by atoms with Crippen LogP contribution in [0.15, 0.2) is 45.1 Å². The average Bonchev–Trinajstić information content (AvgIpc) is 2.37. The van der Waals surface area contributed by atoms with Crippen LogP contribution in [0.5, 0.6) is 0 Å².